The highest BCUT2D eigenvalue weighted by Gasteiger charge is 2.09. The molecule has 0 aliphatic rings. The highest BCUT2D eigenvalue weighted by molar-refractivity contribution is 5.97. The second-order valence-electron chi connectivity index (χ2n) is 5.18. The molecule has 0 spiro atoms. The van der Waals surface area contributed by atoms with Crippen LogP contribution in [0.15, 0.2) is 30.0 Å². The van der Waals surface area contributed by atoms with Gasteiger partial charge in [0.25, 0.3) is 5.91 Å². The number of benzene rings is 1. The van der Waals surface area contributed by atoms with Crippen molar-refractivity contribution in [2.75, 3.05) is 11.9 Å². The van der Waals surface area contributed by atoms with E-state index in [0.29, 0.717) is 12.5 Å². The van der Waals surface area contributed by atoms with Crippen LogP contribution in [0.5, 0.6) is 0 Å². The third-order valence-electron chi connectivity index (χ3n) is 2.88. The molecule has 0 bridgehead atoms. The molecule has 0 heterocycles. The maximum atomic E-state index is 11.8. The third-order valence-corrected chi connectivity index (χ3v) is 2.88. The molecule has 4 nitrogen and oxygen atoms in total. The second-order valence-corrected chi connectivity index (χ2v) is 5.18. The topological polar surface area (TPSA) is 64.9 Å². The molecule has 0 fully saturated rings. The molecule has 106 valence electrons. The van der Waals surface area contributed by atoms with E-state index in [1.807, 2.05) is 52.0 Å². The number of aryl methyl sites for hydroxylation is 2. The summed E-state index contributed by atoms with van der Waals surface area (Å²) < 4.78 is 0. The highest BCUT2D eigenvalue weighted by atomic mass is 16.1. The Morgan fingerprint density at radius 1 is 1.35 bits per heavy atom. The first-order chi connectivity index (χ1) is 9.45. The summed E-state index contributed by atoms with van der Waals surface area (Å²) in [5, 5.41) is 14.8. The lowest BCUT2D eigenvalue weighted by molar-refractivity contribution is -0.117. The molecule has 0 aliphatic heterocycles. The summed E-state index contributed by atoms with van der Waals surface area (Å²) in [4.78, 5) is 11.8. The quantitative estimate of drug-likeness (QED) is 0.639. The first-order valence-electron chi connectivity index (χ1n) is 6.67. The van der Waals surface area contributed by atoms with Gasteiger partial charge < -0.3 is 10.6 Å². The minimum absolute atomic E-state index is 0.0771. The van der Waals surface area contributed by atoms with E-state index in [9.17, 15) is 4.79 Å². The molecule has 0 radical (unpaired) electrons. The van der Waals surface area contributed by atoms with Crippen molar-refractivity contribution in [2.24, 2.45) is 5.92 Å². The van der Waals surface area contributed by atoms with Crippen LogP contribution in [0.4, 0.5) is 5.69 Å². The number of amides is 1. The molecule has 0 aliphatic carbocycles. The molecule has 1 aromatic carbocycles. The maximum absolute atomic E-state index is 11.8. The van der Waals surface area contributed by atoms with E-state index in [1.165, 1.54) is 6.20 Å². The van der Waals surface area contributed by atoms with Crippen LogP contribution in [-0.2, 0) is 4.79 Å². The number of nitriles is 1. The van der Waals surface area contributed by atoms with Gasteiger partial charge in [0.05, 0.1) is 0 Å². The lowest BCUT2D eigenvalue weighted by Gasteiger charge is -2.10. The Kier molecular flexibility index (Phi) is 5.79. The molecule has 1 amide bonds. The first-order valence-corrected chi connectivity index (χ1v) is 6.67. The van der Waals surface area contributed by atoms with Gasteiger partial charge in [0.2, 0.25) is 0 Å². The maximum Gasteiger partial charge on any atom is 0.263 e. The van der Waals surface area contributed by atoms with Crippen molar-refractivity contribution >= 4 is 11.6 Å². The fraction of sp³-hybridized carbons (Fsp3) is 0.375. The Hall–Kier alpha value is -2.28. The van der Waals surface area contributed by atoms with Crippen molar-refractivity contribution in [3.8, 4) is 6.07 Å². The van der Waals surface area contributed by atoms with E-state index in [-0.39, 0.29) is 11.5 Å². The van der Waals surface area contributed by atoms with E-state index in [1.54, 1.807) is 0 Å². The van der Waals surface area contributed by atoms with Crippen LogP contribution in [0.25, 0.3) is 0 Å². The smallest absolute Gasteiger partial charge is 0.263 e. The number of rotatable bonds is 5. The molecular formula is C16H21N3O. The van der Waals surface area contributed by atoms with Gasteiger partial charge in [0.1, 0.15) is 11.6 Å². The summed E-state index contributed by atoms with van der Waals surface area (Å²) in [5.74, 6) is 0.00500. The molecular weight excluding hydrogens is 250 g/mol. The molecule has 0 saturated heterocycles. The Labute approximate surface area is 120 Å². The standard InChI is InChI=1S/C16H21N3O/c1-11(2)9-19-16(20)14(8-17)10-18-15-12(3)6-5-7-13(15)4/h5-7,10-11,18H,9H2,1-4H3,(H,19,20)/b14-10-. The Bertz CT molecular complexity index is 533. The van der Waals surface area contributed by atoms with Gasteiger partial charge in [-0.1, -0.05) is 32.0 Å². The van der Waals surface area contributed by atoms with Crippen LogP contribution in [0, 0.1) is 31.1 Å². The highest BCUT2D eigenvalue weighted by Crippen LogP contribution is 2.19. The Balaban J connectivity index is 2.81. The van der Waals surface area contributed by atoms with Gasteiger partial charge in [-0.05, 0) is 30.9 Å². The van der Waals surface area contributed by atoms with E-state index in [2.05, 4.69) is 10.6 Å². The summed E-state index contributed by atoms with van der Waals surface area (Å²) in [5.41, 5.74) is 3.15. The van der Waals surface area contributed by atoms with Gasteiger partial charge in [-0.3, -0.25) is 4.79 Å². The fourth-order valence-electron chi connectivity index (χ4n) is 1.73. The van der Waals surface area contributed by atoms with Crippen LogP contribution in [0.1, 0.15) is 25.0 Å². The molecule has 1 rings (SSSR count). The molecule has 0 aromatic heterocycles. The summed E-state index contributed by atoms with van der Waals surface area (Å²) in [6.07, 6.45) is 1.46. The van der Waals surface area contributed by atoms with Crippen molar-refractivity contribution in [3.05, 3.63) is 41.1 Å². The molecule has 2 N–H and O–H groups in total. The lowest BCUT2D eigenvalue weighted by Crippen LogP contribution is -2.28. The van der Waals surface area contributed by atoms with Gasteiger partial charge in [-0.2, -0.15) is 5.26 Å². The summed E-state index contributed by atoms with van der Waals surface area (Å²) >= 11 is 0. The minimum atomic E-state index is -0.347. The lowest BCUT2D eigenvalue weighted by atomic mass is 10.1. The molecule has 0 saturated carbocycles. The Morgan fingerprint density at radius 3 is 2.45 bits per heavy atom. The van der Waals surface area contributed by atoms with Crippen LogP contribution in [0.2, 0.25) is 0 Å². The van der Waals surface area contributed by atoms with Gasteiger partial charge in [-0.15, -0.1) is 0 Å². The molecule has 1 aromatic rings. The van der Waals surface area contributed by atoms with Crippen molar-refractivity contribution in [1.29, 1.82) is 5.26 Å². The molecule has 4 heteroatoms. The average Bonchev–Trinajstić information content (AvgIpc) is 2.39. The zero-order valence-electron chi connectivity index (χ0n) is 12.4. The zero-order chi connectivity index (χ0) is 15.1. The SMILES string of the molecule is Cc1cccc(C)c1N/C=C(/C#N)C(=O)NCC(C)C. The second kappa shape index (κ2) is 7.34. The summed E-state index contributed by atoms with van der Waals surface area (Å²) in [6, 6.07) is 7.85. The van der Waals surface area contributed by atoms with E-state index in [0.717, 1.165) is 16.8 Å². The van der Waals surface area contributed by atoms with Crippen molar-refractivity contribution in [1.82, 2.24) is 5.32 Å². The van der Waals surface area contributed by atoms with Crippen LogP contribution < -0.4 is 10.6 Å². The largest absolute Gasteiger partial charge is 0.360 e. The van der Waals surface area contributed by atoms with Crippen LogP contribution >= 0.6 is 0 Å². The number of anilines is 1. The minimum Gasteiger partial charge on any atom is -0.360 e. The number of nitrogens with one attached hydrogen (secondary N) is 2. The monoisotopic (exact) mass is 271 g/mol. The zero-order valence-corrected chi connectivity index (χ0v) is 12.4. The number of para-hydroxylation sites is 1. The van der Waals surface area contributed by atoms with Gasteiger partial charge in [0.15, 0.2) is 0 Å². The number of carbonyl (C=O) groups excluding carboxylic acids is 1. The average molecular weight is 271 g/mol. The van der Waals surface area contributed by atoms with Gasteiger partial charge >= 0.3 is 0 Å². The normalized spacial score (nSPS) is 11.1. The van der Waals surface area contributed by atoms with Gasteiger partial charge in [0, 0.05) is 18.4 Å². The molecule has 20 heavy (non-hydrogen) atoms. The predicted molar refractivity (Wildman–Crippen MR) is 81.1 cm³/mol. The van der Waals surface area contributed by atoms with E-state index < -0.39 is 0 Å². The predicted octanol–water partition coefficient (Wildman–Crippen LogP) is 2.90. The van der Waals surface area contributed by atoms with E-state index >= 15 is 0 Å². The fourth-order valence-corrected chi connectivity index (χ4v) is 1.73. The van der Waals surface area contributed by atoms with Crippen molar-refractivity contribution in [3.63, 3.8) is 0 Å². The van der Waals surface area contributed by atoms with Crippen LogP contribution in [-0.4, -0.2) is 12.5 Å². The van der Waals surface area contributed by atoms with Crippen molar-refractivity contribution < 1.29 is 4.79 Å². The molecule has 0 atom stereocenters. The van der Waals surface area contributed by atoms with Crippen molar-refractivity contribution in [2.45, 2.75) is 27.7 Å². The van der Waals surface area contributed by atoms with E-state index in [4.69, 9.17) is 5.26 Å². The number of hydrogen-bond acceptors (Lipinski definition) is 3. The number of hydrogen-bond donors (Lipinski definition) is 2. The first kappa shape index (κ1) is 15.8. The van der Waals surface area contributed by atoms with Crippen LogP contribution in [0.3, 0.4) is 0 Å². The number of nitrogens with zero attached hydrogens (tertiary/aromatic N) is 1. The summed E-state index contributed by atoms with van der Waals surface area (Å²) in [6.45, 7) is 8.53. The van der Waals surface area contributed by atoms with Gasteiger partial charge in [-0.25, -0.2) is 0 Å². The number of carbonyl (C=O) groups is 1. The Morgan fingerprint density at radius 2 is 1.95 bits per heavy atom. The molecule has 0 unspecified atom stereocenters. The third kappa shape index (κ3) is 4.43. The summed E-state index contributed by atoms with van der Waals surface area (Å²) in [7, 11) is 0.